The number of aromatic nitrogens is 1. The number of halogens is 1. The first-order valence-corrected chi connectivity index (χ1v) is 11.2. The number of thiazole rings is 1. The Morgan fingerprint density at radius 1 is 1.03 bits per heavy atom. The highest BCUT2D eigenvalue weighted by Crippen LogP contribution is 2.27. The van der Waals surface area contributed by atoms with Gasteiger partial charge >= 0.3 is 6.03 Å². The minimum absolute atomic E-state index is 0.109. The van der Waals surface area contributed by atoms with Gasteiger partial charge < -0.3 is 19.9 Å². The number of nitrogens with one attached hydrogen (secondary N) is 2. The summed E-state index contributed by atoms with van der Waals surface area (Å²) in [6.07, 6.45) is 0. The van der Waals surface area contributed by atoms with E-state index in [2.05, 4.69) is 20.5 Å². The summed E-state index contributed by atoms with van der Waals surface area (Å²) in [4.78, 5) is 34.2. The number of ether oxygens (including phenoxy) is 1. The monoisotopic (exact) mass is 469 g/mol. The summed E-state index contributed by atoms with van der Waals surface area (Å²) in [6.45, 7) is 4.15. The van der Waals surface area contributed by atoms with Crippen molar-refractivity contribution >= 4 is 39.8 Å². The number of anilines is 3. The molecule has 1 aliphatic heterocycles. The lowest BCUT2D eigenvalue weighted by Crippen LogP contribution is -2.48. The van der Waals surface area contributed by atoms with E-state index in [9.17, 15) is 14.0 Å². The molecule has 33 heavy (non-hydrogen) atoms. The van der Waals surface area contributed by atoms with Crippen LogP contribution in [0.1, 0.15) is 15.4 Å². The molecule has 1 aromatic heterocycles. The second kappa shape index (κ2) is 9.86. The molecule has 1 fully saturated rings. The van der Waals surface area contributed by atoms with E-state index < -0.39 is 6.03 Å². The van der Waals surface area contributed by atoms with Crippen molar-refractivity contribution in [2.45, 2.75) is 6.92 Å². The average molecular weight is 470 g/mol. The van der Waals surface area contributed by atoms with Crippen LogP contribution in [-0.2, 0) is 0 Å². The van der Waals surface area contributed by atoms with Crippen molar-refractivity contribution in [3.8, 4) is 5.75 Å². The Hall–Kier alpha value is -3.66. The van der Waals surface area contributed by atoms with Crippen molar-refractivity contribution in [2.75, 3.05) is 48.8 Å². The normalized spacial score (nSPS) is 13.5. The number of hydrogen-bond donors (Lipinski definition) is 2. The van der Waals surface area contributed by atoms with Crippen LogP contribution in [0, 0.1) is 12.7 Å². The summed E-state index contributed by atoms with van der Waals surface area (Å²) in [6, 6.07) is 13.0. The molecule has 1 aliphatic rings. The van der Waals surface area contributed by atoms with Gasteiger partial charge in [-0.3, -0.25) is 10.1 Å². The molecule has 0 aliphatic carbocycles. The number of benzene rings is 2. The molecule has 172 valence electrons. The Bertz CT molecular complexity index is 1140. The maximum atomic E-state index is 13.2. The van der Waals surface area contributed by atoms with E-state index in [1.165, 1.54) is 19.2 Å². The molecule has 0 saturated carbocycles. The summed E-state index contributed by atoms with van der Waals surface area (Å²) in [5.74, 6) is 0.162. The highest BCUT2D eigenvalue weighted by Gasteiger charge is 2.26. The maximum absolute atomic E-state index is 13.2. The number of para-hydroxylation sites is 2. The smallest absolute Gasteiger partial charge is 0.325 e. The van der Waals surface area contributed by atoms with Crippen molar-refractivity contribution in [3.05, 3.63) is 64.9 Å². The molecular formula is C23H24FN5O3S. The van der Waals surface area contributed by atoms with Gasteiger partial charge in [-0.1, -0.05) is 23.5 Å². The van der Waals surface area contributed by atoms with Crippen molar-refractivity contribution in [2.24, 2.45) is 0 Å². The first kappa shape index (κ1) is 22.5. The van der Waals surface area contributed by atoms with Gasteiger partial charge in [-0.05, 0) is 43.3 Å². The maximum Gasteiger partial charge on any atom is 0.325 e. The molecule has 0 radical (unpaired) electrons. The Morgan fingerprint density at radius 2 is 1.73 bits per heavy atom. The van der Waals surface area contributed by atoms with Crippen LogP contribution < -0.4 is 20.3 Å². The summed E-state index contributed by atoms with van der Waals surface area (Å²) >= 11 is 1.15. The Labute approximate surface area is 195 Å². The predicted molar refractivity (Wildman–Crippen MR) is 127 cm³/mol. The summed E-state index contributed by atoms with van der Waals surface area (Å²) in [7, 11) is 1.53. The van der Waals surface area contributed by atoms with Gasteiger partial charge in [0.25, 0.3) is 5.91 Å². The van der Waals surface area contributed by atoms with E-state index in [-0.39, 0.29) is 11.7 Å². The van der Waals surface area contributed by atoms with Crippen LogP contribution in [0.3, 0.4) is 0 Å². The fraction of sp³-hybridized carbons (Fsp3) is 0.261. The molecule has 3 amide bonds. The SMILES string of the molecule is COc1ccccc1NC(=O)Nc1nc(C)c(C(=O)N2CCN(c3ccc(F)cc3)CC2)s1. The molecule has 2 heterocycles. The second-order valence-corrected chi connectivity index (χ2v) is 8.47. The number of nitrogens with zero attached hydrogens (tertiary/aromatic N) is 3. The van der Waals surface area contributed by atoms with Crippen LogP contribution >= 0.6 is 11.3 Å². The van der Waals surface area contributed by atoms with E-state index >= 15 is 0 Å². The molecule has 3 aromatic rings. The topological polar surface area (TPSA) is 86.8 Å². The molecule has 8 nitrogen and oxygen atoms in total. The minimum Gasteiger partial charge on any atom is -0.495 e. The summed E-state index contributed by atoms with van der Waals surface area (Å²) in [5, 5.41) is 5.75. The van der Waals surface area contributed by atoms with Gasteiger partial charge in [0.1, 0.15) is 16.4 Å². The quantitative estimate of drug-likeness (QED) is 0.585. The summed E-state index contributed by atoms with van der Waals surface area (Å²) in [5.41, 5.74) is 2.03. The average Bonchev–Trinajstić information content (AvgIpc) is 3.19. The standard InChI is InChI=1S/C23H24FN5O3S/c1-15-20(21(30)29-13-11-28(12-14-29)17-9-7-16(24)8-10-17)33-23(25-15)27-22(31)26-18-5-3-4-6-19(18)32-2/h3-10H,11-14H2,1-2H3,(H2,25,26,27,31). The minimum atomic E-state index is -0.472. The molecular weight excluding hydrogens is 445 g/mol. The first-order valence-electron chi connectivity index (χ1n) is 10.4. The van der Waals surface area contributed by atoms with Gasteiger partial charge in [-0.2, -0.15) is 0 Å². The van der Waals surface area contributed by atoms with Crippen molar-refractivity contribution in [1.82, 2.24) is 9.88 Å². The Balaban J connectivity index is 1.36. The number of rotatable bonds is 5. The van der Waals surface area contributed by atoms with Gasteiger partial charge in [0.15, 0.2) is 5.13 Å². The van der Waals surface area contributed by atoms with Gasteiger partial charge in [-0.25, -0.2) is 14.2 Å². The molecule has 4 rings (SSSR count). The van der Waals surface area contributed by atoms with Crippen LogP contribution in [0.4, 0.5) is 25.7 Å². The van der Waals surface area contributed by atoms with Crippen LogP contribution in [-0.4, -0.2) is 55.1 Å². The largest absolute Gasteiger partial charge is 0.495 e. The number of hydrogen-bond acceptors (Lipinski definition) is 6. The third-order valence-electron chi connectivity index (χ3n) is 5.33. The molecule has 2 aromatic carbocycles. The van der Waals surface area contributed by atoms with E-state index in [4.69, 9.17) is 4.74 Å². The van der Waals surface area contributed by atoms with Gasteiger partial charge in [0.05, 0.1) is 18.5 Å². The number of piperazine rings is 1. The zero-order chi connectivity index (χ0) is 23.4. The van der Waals surface area contributed by atoms with Gasteiger partial charge in [-0.15, -0.1) is 0 Å². The second-order valence-electron chi connectivity index (χ2n) is 7.47. The van der Waals surface area contributed by atoms with E-state index in [0.717, 1.165) is 17.0 Å². The van der Waals surface area contributed by atoms with Crippen LogP contribution in [0.15, 0.2) is 48.5 Å². The van der Waals surface area contributed by atoms with E-state index in [1.807, 2.05) is 6.07 Å². The van der Waals surface area contributed by atoms with Crippen LogP contribution in [0.5, 0.6) is 5.75 Å². The number of amides is 3. The Kier molecular flexibility index (Phi) is 6.74. The highest BCUT2D eigenvalue weighted by atomic mass is 32.1. The fourth-order valence-electron chi connectivity index (χ4n) is 3.61. The van der Waals surface area contributed by atoms with Gasteiger partial charge in [0, 0.05) is 31.9 Å². The van der Waals surface area contributed by atoms with E-state index in [0.29, 0.717) is 53.3 Å². The molecule has 10 heteroatoms. The number of carbonyl (C=O) groups excluding carboxylic acids is 2. The Morgan fingerprint density at radius 3 is 2.42 bits per heavy atom. The molecule has 0 atom stereocenters. The molecule has 0 bridgehead atoms. The lowest BCUT2D eigenvalue weighted by Gasteiger charge is -2.36. The number of methoxy groups -OCH3 is 1. The lowest BCUT2D eigenvalue weighted by molar-refractivity contribution is 0.0750. The number of aryl methyl sites for hydroxylation is 1. The number of carbonyl (C=O) groups is 2. The molecule has 0 unspecified atom stereocenters. The highest BCUT2D eigenvalue weighted by molar-refractivity contribution is 7.17. The van der Waals surface area contributed by atoms with Gasteiger partial charge in [0.2, 0.25) is 0 Å². The van der Waals surface area contributed by atoms with Crippen LogP contribution in [0.2, 0.25) is 0 Å². The van der Waals surface area contributed by atoms with Crippen molar-refractivity contribution in [1.29, 1.82) is 0 Å². The zero-order valence-corrected chi connectivity index (χ0v) is 19.1. The predicted octanol–water partition coefficient (Wildman–Crippen LogP) is 4.21. The third kappa shape index (κ3) is 5.23. The van der Waals surface area contributed by atoms with Crippen molar-refractivity contribution < 1.29 is 18.7 Å². The lowest BCUT2D eigenvalue weighted by atomic mass is 10.2. The fourth-order valence-corrected chi connectivity index (χ4v) is 4.54. The molecule has 2 N–H and O–H groups in total. The number of urea groups is 1. The zero-order valence-electron chi connectivity index (χ0n) is 18.3. The van der Waals surface area contributed by atoms with E-state index in [1.54, 1.807) is 42.2 Å². The molecule has 0 spiro atoms. The van der Waals surface area contributed by atoms with Crippen molar-refractivity contribution in [3.63, 3.8) is 0 Å². The van der Waals surface area contributed by atoms with Crippen LogP contribution in [0.25, 0.3) is 0 Å². The summed E-state index contributed by atoms with van der Waals surface area (Å²) < 4.78 is 18.4. The molecule has 1 saturated heterocycles. The third-order valence-corrected chi connectivity index (χ3v) is 6.39. The first-order chi connectivity index (χ1) is 15.9.